The molecule has 0 aromatic rings. The van der Waals surface area contributed by atoms with E-state index in [0.717, 1.165) is 0 Å². The SMILES string of the molecule is O=C(O)CCCCC(=O)NCCNC(=O)CO. The molecule has 0 saturated heterocycles. The normalized spacial score (nSPS) is 9.71. The first-order chi connectivity index (χ1) is 8.06. The number of hydrogen-bond acceptors (Lipinski definition) is 4. The molecule has 98 valence electrons. The van der Waals surface area contributed by atoms with Crippen LogP contribution in [0.3, 0.4) is 0 Å². The zero-order chi connectivity index (χ0) is 13.1. The van der Waals surface area contributed by atoms with Gasteiger partial charge in [0.05, 0.1) is 0 Å². The maximum Gasteiger partial charge on any atom is 0.303 e. The maximum atomic E-state index is 11.2. The van der Waals surface area contributed by atoms with Crippen molar-refractivity contribution in [3.63, 3.8) is 0 Å². The molecule has 7 heteroatoms. The molecular formula is C10H18N2O5. The summed E-state index contributed by atoms with van der Waals surface area (Å²) >= 11 is 0. The summed E-state index contributed by atoms with van der Waals surface area (Å²) in [7, 11) is 0. The fourth-order valence-corrected chi connectivity index (χ4v) is 1.11. The first-order valence-corrected chi connectivity index (χ1v) is 5.42. The lowest BCUT2D eigenvalue weighted by atomic mass is 10.2. The molecule has 0 atom stereocenters. The zero-order valence-electron chi connectivity index (χ0n) is 9.57. The molecule has 2 amide bonds. The number of carbonyl (C=O) groups excluding carboxylic acids is 2. The Labute approximate surface area is 99.2 Å². The summed E-state index contributed by atoms with van der Waals surface area (Å²) in [4.78, 5) is 32.0. The first-order valence-electron chi connectivity index (χ1n) is 5.42. The van der Waals surface area contributed by atoms with Crippen LogP contribution in [0.25, 0.3) is 0 Å². The van der Waals surface area contributed by atoms with Gasteiger partial charge in [0, 0.05) is 25.9 Å². The summed E-state index contributed by atoms with van der Waals surface area (Å²) in [5.41, 5.74) is 0. The van der Waals surface area contributed by atoms with Gasteiger partial charge in [0.1, 0.15) is 6.61 Å². The predicted octanol–water partition coefficient (Wildman–Crippen LogP) is -1.14. The fourth-order valence-electron chi connectivity index (χ4n) is 1.11. The number of aliphatic carboxylic acids is 1. The fraction of sp³-hybridized carbons (Fsp3) is 0.700. The number of amides is 2. The topological polar surface area (TPSA) is 116 Å². The minimum Gasteiger partial charge on any atom is -0.481 e. The van der Waals surface area contributed by atoms with Crippen LogP contribution >= 0.6 is 0 Å². The number of hydrogen-bond donors (Lipinski definition) is 4. The Morgan fingerprint density at radius 2 is 1.41 bits per heavy atom. The van der Waals surface area contributed by atoms with Crippen LogP contribution < -0.4 is 10.6 Å². The standard InChI is InChI=1S/C10H18N2O5/c13-7-9(15)12-6-5-11-8(14)3-1-2-4-10(16)17/h13H,1-7H2,(H,11,14)(H,12,15)(H,16,17). The van der Waals surface area contributed by atoms with E-state index in [1.165, 1.54) is 0 Å². The van der Waals surface area contributed by atoms with Gasteiger partial charge in [0.2, 0.25) is 11.8 Å². The Hall–Kier alpha value is -1.63. The smallest absolute Gasteiger partial charge is 0.303 e. The van der Waals surface area contributed by atoms with E-state index >= 15 is 0 Å². The van der Waals surface area contributed by atoms with Crippen molar-refractivity contribution >= 4 is 17.8 Å². The van der Waals surface area contributed by atoms with Crippen molar-refractivity contribution < 1.29 is 24.6 Å². The van der Waals surface area contributed by atoms with Gasteiger partial charge in [-0.05, 0) is 12.8 Å². The highest BCUT2D eigenvalue weighted by Crippen LogP contribution is 1.99. The van der Waals surface area contributed by atoms with E-state index in [0.29, 0.717) is 19.4 Å². The third kappa shape index (κ3) is 10.6. The van der Waals surface area contributed by atoms with Crippen LogP contribution in [0.2, 0.25) is 0 Å². The number of carbonyl (C=O) groups is 3. The highest BCUT2D eigenvalue weighted by atomic mass is 16.4. The molecule has 0 rings (SSSR count). The Morgan fingerprint density at radius 3 is 1.94 bits per heavy atom. The van der Waals surface area contributed by atoms with Crippen molar-refractivity contribution in [2.75, 3.05) is 19.7 Å². The average molecular weight is 246 g/mol. The average Bonchev–Trinajstić information content (AvgIpc) is 2.29. The molecule has 0 radical (unpaired) electrons. The van der Waals surface area contributed by atoms with Gasteiger partial charge in [-0.3, -0.25) is 14.4 Å². The van der Waals surface area contributed by atoms with Gasteiger partial charge in [-0.15, -0.1) is 0 Å². The summed E-state index contributed by atoms with van der Waals surface area (Å²) in [5, 5.41) is 21.7. The zero-order valence-corrected chi connectivity index (χ0v) is 9.57. The van der Waals surface area contributed by atoms with Gasteiger partial charge < -0.3 is 20.8 Å². The molecule has 17 heavy (non-hydrogen) atoms. The van der Waals surface area contributed by atoms with Crippen LogP contribution in [0.5, 0.6) is 0 Å². The van der Waals surface area contributed by atoms with E-state index in [4.69, 9.17) is 10.2 Å². The van der Waals surface area contributed by atoms with Gasteiger partial charge in [0.15, 0.2) is 0 Å². The number of carboxylic acids is 1. The molecule has 0 heterocycles. The lowest BCUT2D eigenvalue weighted by molar-refractivity contribution is -0.137. The Bertz CT molecular complexity index is 267. The monoisotopic (exact) mass is 246 g/mol. The van der Waals surface area contributed by atoms with Crippen molar-refractivity contribution in [1.82, 2.24) is 10.6 Å². The van der Waals surface area contributed by atoms with Crippen molar-refractivity contribution in [2.45, 2.75) is 25.7 Å². The largest absolute Gasteiger partial charge is 0.481 e. The van der Waals surface area contributed by atoms with Crippen LogP contribution in [0.15, 0.2) is 0 Å². The van der Waals surface area contributed by atoms with Crippen LogP contribution in [0, 0.1) is 0 Å². The van der Waals surface area contributed by atoms with Crippen LogP contribution in [-0.4, -0.2) is 47.7 Å². The molecule has 0 aliphatic rings. The summed E-state index contributed by atoms with van der Waals surface area (Å²) in [6.45, 7) is -0.00705. The molecule has 0 fully saturated rings. The van der Waals surface area contributed by atoms with Crippen LogP contribution in [0.4, 0.5) is 0 Å². The third-order valence-electron chi connectivity index (χ3n) is 1.96. The van der Waals surface area contributed by atoms with E-state index in [2.05, 4.69) is 10.6 Å². The molecule has 0 aliphatic carbocycles. The minimum atomic E-state index is -0.864. The molecule has 7 nitrogen and oxygen atoms in total. The van der Waals surface area contributed by atoms with Gasteiger partial charge in [-0.2, -0.15) is 0 Å². The second kappa shape index (κ2) is 9.59. The van der Waals surface area contributed by atoms with E-state index in [1.54, 1.807) is 0 Å². The summed E-state index contributed by atoms with van der Waals surface area (Å²) in [6.07, 6.45) is 1.35. The van der Waals surface area contributed by atoms with E-state index < -0.39 is 18.5 Å². The van der Waals surface area contributed by atoms with Crippen molar-refractivity contribution in [1.29, 1.82) is 0 Å². The quantitative estimate of drug-likeness (QED) is 0.384. The molecule has 0 saturated carbocycles. The van der Waals surface area contributed by atoms with E-state index in [1.807, 2.05) is 0 Å². The highest BCUT2D eigenvalue weighted by Gasteiger charge is 2.02. The third-order valence-corrected chi connectivity index (χ3v) is 1.96. The van der Waals surface area contributed by atoms with Crippen molar-refractivity contribution in [2.24, 2.45) is 0 Å². The maximum absolute atomic E-state index is 11.2. The Kier molecular flexibility index (Phi) is 8.67. The van der Waals surface area contributed by atoms with Gasteiger partial charge >= 0.3 is 5.97 Å². The molecular weight excluding hydrogens is 228 g/mol. The second-order valence-corrected chi connectivity index (χ2v) is 3.46. The molecule has 4 N–H and O–H groups in total. The van der Waals surface area contributed by atoms with E-state index in [9.17, 15) is 14.4 Å². The summed E-state index contributed by atoms with van der Waals surface area (Å²) < 4.78 is 0. The van der Waals surface area contributed by atoms with Crippen molar-refractivity contribution in [3.8, 4) is 0 Å². The molecule has 0 unspecified atom stereocenters. The first kappa shape index (κ1) is 15.4. The van der Waals surface area contributed by atoms with E-state index in [-0.39, 0.29) is 25.3 Å². The molecule has 0 bridgehead atoms. The lowest BCUT2D eigenvalue weighted by Crippen LogP contribution is -2.35. The molecule has 0 aromatic heterocycles. The van der Waals surface area contributed by atoms with Crippen LogP contribution in [0.1, 0.15) is 25.7 Å². The van der Waals surface area contributed by atoms with Gasteiger partial charge in [-0.25, -0.2) is 0 Å². The molecule has 0 aliphatic heterocycles. The Balaban J connectivity index is 3.35. The van der Waals surface area contributed by atoms with Crippen molar-refractivity contribution in [3.05, 3.63) is 0 Å². The number of unbranched alkanes of at least 4 members (excludes halogenated alkanes) is 1. The number of nitrogens with one attached hydrogen (secondary N) is 2. The van der Waals surface area contributed by atoms with Gasteiger partial charge in [-0.1, -0.05) is 0 Å². The second-order valence-electron chi connectivity index (χ2n) is 3.46. The molecule has 0 aromatic carbocycles. The Morgan fingerprint density at radius 1 is 0.882 bits per heavy atom. The number of aliphatic hydroxyl groups is 1. The number of rotatable bonds is 9. The molecule has 0 spiro atoms. The number of aliphatic hydroxyl groups excluding tert-OH is 1. The lowest BCUT2D eigenvalue weighted by Gasteiger charge is -2.05. The van der Waals surface area contributed by atoms with Crippen LogP contribution in [-0.2, 0) is 14.4 Å². The minimum absolute atomic E-state index is 0.0693. The number of carboxylic acid groups (broad SMARTS) is 1. The van der Waals surface area contributed by atoms with Gasteiger partial charge in [0.25, 0.3) is 0 Å². The summed E-state index contributed by atoms with van der Waals surface area (Å²) in [6, 6.07) is 0. The highest BCUT2D eigenvalue weighted by molar-refractivity contribution is 5.77. The summed E-state index contributed by atoms with van der Waals surface area (Å²) in [5.74, 6) is -1.52. The predicted molar refractivity (Wildman–Crippen MR) is 59.2 cm³/mol.